The molecule has 0 aromatic rings. The normalized spacial score (nSPS) is 16.5. The van der Waals surface area contributed by atoms with Crippen molar-refractivity contribution in [1.29, 1.82) is 0 Å². The van der Waals surface area contributed by atoms with E-state index in [9.17, 15) is 9.90 Å². The van der Waals surface area contributed by atoms with Crippen LogP contribution in [0.5, 0.6) is 0 Å². The van der Waals surface area contributed by atoms with Crippen molar-refractivity contribution in [2.75, 3.05) is 14.1 Å². The SMILES string of the molecule is CCCCCCCCCC=CCCCCCCCCC(C)C(=O)OC(C)(N(C)C)C(C)(O)C(C)C. The topological polar surface area (TPSA) is 49.8 Å². The molecule has 1 N–H and O–H groups in total. The molecule has 0 fully saturated rings. The first-order chi connectivity index (χ1) is 16.5. The lowest BCUT2D eigenvalue weighted by atomic mass is 9.82. The van der Waals surface area contributed by atoms with Gasteiger partial charge in [0.25, 0.3) is 0 Å². The molecule has 0 aliphatic heterocycles. The summed E-state index contributed by atoms with van der Waals surface area (Å²) in [5.41, 5.74) is -2.20. The van der Waals surface area contributed by atoms with Crippen LogP contribution in [0.3, 0.4) is 0 Å². The number of hydrogen-bond donors (Lipinski definition) is 1. The molecule has 0 aliphatic carbocycles. The highest BCUT2D eigenvalue weighted by Gasteiger charge is 2.51. The van der Waals surface area contributed by atoms with Gasteiger partial charge in [0.1, 0.15) is 5.60 Å². The summed E-state index contributed by atoms with van der Waals surface area (Å²) in [6.07, 6.45) is 25.1. The highest BCUT2D eigenvalue weighted by atomic mass is 16.6. The van der Waals surface area contributed by atoms with Gasteiger partial charge in [-0.2, -0.15) is 0 Å². The average Bonchev–Trinajstić information content (AvgIpc) is 2.80. The first-order valence-electron chi connectivity index (χ1n) is 14.8. The molecule has 0 amide bonds. The Hall–Kier alpha value is -0.870. The monoisotopic (exact) mass is 495 g/mol. The van der Waals surface area contributed by atoms with E-state index in [0.29, 0.717) is 0 Å². The molecule has 4 nitrogen and oxygen atoms in total. The van der Waals surface area contributed by atoms with Crippen molar-refractivity contribution >= 4 is 5.97 Å². The number of carbonyl (C=O) groups excluding carboxylic acids is 1. The first-order valence-corrected chi connectivity index (χ1v) is 14.8. The van der Waals surface area contributed by atoms with Crippen LogP contribution in [-0.4, -0.2) is 41.4 Å². The molecule has 208 valence electrons. The van der Waals surface area contributed by atoms with E-state index >= 15 is 0 Å². The highest BCUT2D eigenvalue weighted by molar-refractivity contribution is 5.72. The van der Waals surface area contributed by atoms with E-state index in [-0.39, 0.29) is 17.8 Å². The molecule has 0 aromatic heterocycles. The van der Waals surface area contributed by atoms with Gasteiger partial charge in [0.05, 0.1) is 5.92 Å². The quantitative estimate of drug-likeness (QED) is 0.0706. The van der Waals surface area contributed by atoms with Crippen molar-refractivity contribution in [3.63, 3.8) is 0 Å². The highest BCUT2D eigenvalue weighted by Crippen LogP contribution is 2.35. The van der Waals surface area contributed by atoms with E-state index in [2.05, 4.69) is 19.1 Å². The third-order valence-corrected chi connectivity index (χ3v) is 8.02. The molecular weight excluding hydrogens is 434 g/mol. The van der Waals surface area contributed by atoms with Crippen LogP contribution < -0.4 is 0 Å². The molecule has 0 aliphatic rings. The van der Waals surface area contributed by atoms with Crippen LogP contribution in [0.2, 0.25) is 0 Å². The van der Waals surface area contributed by atoms with Gasteiger partial charge in [-0.05, 0) is 66.0 Å². The smallest absolute Gasteiger partial charge is 0.310 e. The Morgan fingerprint density at radius 2 is 1.23 bits per heavy atom. The molecule has 0 saturated heterocycles. The summed E-state index contributed by atoms with van der Waals surface area (Å²) in [5, 5.41) is 11.0. The van der Waals surface area contributed by atoms with Crippen molar-refractivity contribution in [3.8, 4) is 0 Å². The average molecular weight is 496 g/mol. The maximum atomic E-state index is 12.8. The lowest BCUT2D eigenvalue weighted by molar-refractivity contribution is -0.244. The van der Waals surface area contributed by atoms with Crippen LogP contribution in [-0.2, 0) is 9.53 Å². The van der Waals surface area contributed by atoms with Gasteiger partial charge in [-0.15, -0.1) is 0 Å². The van der Waals surface area contributed by atoms with Crippen LogP contribution in [0.15, 0.2) is 12.2 Å². The molecule has 0 heterocycles. The molecule has 0 rings (SSSR count). The molecule has 0 radical (unpaired) electrons. The van der Waals surface area contributed by atoms with Gasteiger partial charge < -0.3 is 9.84 Å². The van der Waals surface area contributed by atoms with Gasteiger partial charge in [-0.1, -0.05) is 110 Å². The Morgan fingerprint density at radius 3 is 1.66 bits per heavy atom. The number of carbonyl (C=O) groups is 1. The van der Waals surface area contributed by atoms with Gasteiger partial charge in [0.15, 0.2) is 5.72 Å². The number of hydrogen-bond acceptors (Lipinski definition) is 4. The minimum absolute atomic E-state index is 0.0430. The fourth-order valence-corrected chi connectivity index (χ4v) is 4.47. The molecule has 3 unspecified atom stereocenters. The number of esters is 1. The fraction of sp³-hybridized carbons (Fsp3) is 0.903. The summed E-state index contributed by atoms with van der Waals surface area (Å²) in [5.74, 6) is -0.414. The number of allylic oxidation sites excluding steroid dienone is 2. The van der Waals surface area contributed by atoms with Gasteiger partial charge in [0.2, 0.25) is 0 Å². The minimum atomic E-state index is -1.14. The number of unbranched alkanes of at least 4 members (excludes halogenated alkanes) is 13. The number of nitrogens with zero attached hydrogens (tertiary/aromatic N) is 1. The molecule has 0 spiro atoms. The Morgan fingerprint density at radius 1 is 0.800 bits per heavy atom. The molecule has 0 bridgehead atoms. The molecule has 0 saturated carbocycles. The van der Waals surface area contributed by atoms with E-state index in [1.807, 2.05) is 46.7 Å². The lowest BCUT2D eigenvalue weighted by Crippen LogP contribution is -2.63. The summed E-state index contributed by atoms with van der Waals surface area (Å²) < 4.78 is 5.90. The van der Waals surface area contributed by atoms with Gasteiger partial charge in [-0.3, -0.25) is 9.69 Å². The fourth-order valence-electron chi connectivity index (χ4n) is 4.47. The predicted octanol–water partition coefficient (Wildman–Crippen LogP) is 8.67. The Labute approximate surface area is 219 Å². The Bertz CT molecular complexity index is 555. The van der Waals surface area contributed by atoms with Crippen molar-refractivity contribution < 1.29 is 14.6 Å². The van der Waals surface area contributed by atoms with Crippen molar-refractivity contribution in [2.45, 2.75) is 156 Å². The van der Waals surface area contributed by atoms with E-state index < -0.39 is 11.3 Å². The predicted molar refractivity (Wildman–Crippen MR) is 151 cm³/mol. The lowest BCUT2D eigenvalue weighted by Gasteiger charge is -2.48. The molecule has 3 atom stereocenters. The zero-order valence-corrected chi connectivity index (χ0v) is 24.8. The van der Waals surface area contributed by atoms with E-state index in [0.717, 1.165) is 12.8 Å². The molecule has 0 aromatic carbocycles. The number of aliphatic hydroxyl groups is 1. The second-order valence-corrected chi connectivity index (χ2v) is 11.6. The second-order valence-electron chi connectivity index (χ2n) is 11.6. The molecule has 4 heteroatoms. The van der Waals surface area contributed by atoms with Gasteiger partial charge >= 0.3 is 5.97 Å². The summed E-state index contributed by atoms with van der Waals surface area (Å²) in [7, 11) is 3.70. The van der Waals surface area contributed by atoms with Crippen molar-refractivity contribution in [2.24, 2.45) is 11.8 Å². The van der Waals surface area contributed by atoms with E-state index in [1.165, 1.54) is 89.9 Å². The molecular formula is C31H61NO3. The van der Waals surface area contributed by atoms with Crippen molar-refractivity contribution in [1.82, 2.24) is 4.90 Å². The third-order valence-electron chi connectivity index (χ3n) is 8.02. The number of likely N-dealkylation sites (N-methyl/N-ethyl adjacent to an activating group) is 1. The van der Waals surface area contributed by atoms with Crippen LogP contribution in [0, 0.1) is 11.8 Å². The molecule has 35 heavy (non-hydrogen) atoms. The van der Waals surface area contributed by atoms with Crippen LogP contribution in [0.4, 0.5) is 0 Å². The van der Waals surface area contributed by atoms with Gasteiger partial charge in [0, 0.05) is 0 Å². The van der Waals surface area contributed by atoms with Crippen molar-refractivity contribution in [3.05, 3.63) is 12.2 Å². The van der Waals surface area contributed by atoms with Crippen LogP contribution >= 0.6 is 0 Å². The summed E-state index contributed by atoms with van der Waals surface area (Å²) >= 11 is 0. The maximum Gasteiger partial charge on any atom is 0.310 e. The van der Waals surface area contributed by atoms with Gasteiger partial charge in [-0.25, -0.2) is 0 Å². The summed E-state index contributed by atoms with van der Waals surface area (Å²) in [6, 6.07) is 0. The van der Waals surface area contributed by atoms with E-state index in [4.69, 9.17) is 4.74 Å². The summed E-state index contributed by atoms with van der Waals surface area (Å²) in [6.45, 7) is 11.7. The third kappa shape index (κ3) is 13.9. The first kappa shape index (κ1) is 34.1. The maximum absolute atomic E-state index is 12.8. The second kappa shape index (κ2) is 19.3. The van der Waals surface area contributed by atoms with Crippen LogP contribution in [0.25, 0.3) is 0 Å². The van der Waals surface area contributed by atoms with Crippen LogP contribution in [0.1, 0.15) is 144 Å². The van der Waals surface area contributed by atoms with E-state index in [1.54, 1.807) is 6.92 Å². The zero-order valence-electron chi connectivity index (χ0n) is 24.8. The Kier molecular flexibility index (Phi) is 18.8. The number of ether oxygens (including phenoxy) is 1. The Balaban J connectivity index is 3.89. The largest absolute Gasteiger partial charge is 0.441 e. The number of rotatable bonds is 22. The minimum Gasteiger partial charge on any atom is -0.441 e. The summed E-state index contributed by atoms with van der Waals surface area (Å²) in [4.78, 5) is 14.6. The standard InChI is InChI=1S/C31H61NO3/c1-9-10-11-12-13-14-15-16-17-18-19-20-21-22-23-24-25-26-28(4)29(33)35-31(6,32(7)8)30(5,34)27(2)3/h17-18,27-28,34H,9-16,19-26H2,1-8H3. The zero-order chi connectivity index (χ0) is 26.7.